The van der Waals surface area contributed by atoms with Crippen LogP contribution in [-0.4, -0.2) is 29.3 Å². The maximum Gasteiger partial charge on any atom is 0.419 e. The van der Waals surface area contributed by atoms with Crippen LogP contribution in [0.5, 0.6) is 0 Å². The van der Waals surface area contributed by atoms with Crippen molar-refractivity contribution in [2.75, 3.05) is 11.5 Å². The van der Waals surface area contributed by atoms with Crippen LogP contribution in [0.1, 0.15) is 38.3 Å². The van der Waals surface area contributed by atoms with Crippen LogP contribution in [0.2, 0.25) is 0 Å². The van der Waals surface area contributed by atoms with Crippen molar-refractivity contribution >= 4 is 29.5 Å². The van der Waals surface area contributed by atoms with E-state index in [9.17, 15) is 9.59 Å². The fourth-order valence-electron chi connectivity index (χ4n) is 2.99. The molecule has 6 nitrogen and oxygen atoms in total. The summed E-state index contributed by atoms with van der Waals surface area (Å²) in [5.74, 6) is -0.816. The molecule has 0 aliphatic heterocycles. The lowest BCUT2D eigenvalue weighted by Gasteiger charge is -2.22. The molecule has 0 saturated carbocycles. The standard InChI is InChI=1S/C25H23NO4.C4H11N/c27-24(28)17-16-21-10-7-9-20(19-21)11-8-18-30-25(29)26(22-12-3-1-4-13-22)23-14-5-2-6-15-23;1-4(2,3)5/h1-15,19H,16-18H2,(H,27,28);5H2,1-3H3/b11-8-;. The van der Waals surface area contributed by atoms with E-state index in [1.165, 1.54) is 4.90 Å². The van der Waals surface area contributed by atoms with Gasteiger partial charge in [0.1, 0.15) is 6.61 Å². The zero-order valence-electron chi connectivity index (χ0n) is 20.6. The third-order valence-electron chi connectivity index (χ3n) is 4.40. The maximum atomic E-state index is 12.8. The molecule has 0 fully saturated rings. The van der Waals surface area contributed by atoms with Crippen molar-refractivity contribution in [1.29, 1.82) is 0 Å². The predicted octanol–water partition coefficient (Wildman–Crippen LogP) is 6.44. The largest absolute Gasteiger partial charge is 0.481 e. The van der Waals surface area contributed by atoms with E-state index in [0.717, 1.165) is 22.5 Å². The van der Waals surface area contributed by atoms with Gasteiger partial charge in [-0.2, -0.15) is 0 Å². The second kappa shape index (κ2) is 13.7. The number of para-hydroxylation sites is 2. The zero-order chi connectivity index (χ0) is 25.7. The molecule has 0 unspecified atom stereocenters. The predicted molar refractivity (Wildman–Crippen MR) is 142 cm³/mol. The van der Waals surface area contributed by atoms with Crippen molar-refractivity contribution in [2.24, 2.45) is 5.73 Å². The van der Waals surface area contributed by atoms with Gasteiger partial charge in [0.2, 0.25) is 0 Å². The molecule has 0 spiro atoms. The molecule has 184 valence electrons. The van der Waals surface area contributed by atoms with Gasteiger partial charge in [0.05, 0.1) is 11.4 Å². The van der Waals surface area contributed by atoms with Gasteiger partial charge in [-0.25, -0.2) is 9.69 Å². The topological polar surface area (TPSA) is 92.9 Å². The second-order valence-electron chi connectivity index (χ2n) is 8.99. The average Bonchev–Trinajstić information content (AvgIpc) is 2.81. The normalized spacial score (nSPS) is 10.9. The molecular weight excluding hydrogens is 440 g/mol. The van der Waals surface area contributed by atoms with E-state index in [2.05, 4.69) is 0 Å². The van der Waals surface area contributed by atoms with Gasteiger partial charge in [0.15, 0.2) is 0 Å². The fraction of sp³-hybridized carbons (Fsp3) is 0.241. The van der Waals surface area contributed by atoms with E-state index < -0.39 is 12.1 Å². The van der Waals surface area contributed by atoms with Gasteiger partial charge in [-0.05, 0) is 68.7 Å². The molecule has 1 amide bonds. The van der Waals surface area contributed by atoms with Crippen LogP contribution >= 0.6 is 0 Å². The third kappa shape index (κ3) is 11.2. The van der Waals surface area contributed by atoms with E-state index in [4.69, 9.17) is 15.6 Å². The zero-order valence-corrected chi connectivity index (χ0v) is 20.6. The molecule has 0 aliphatic carbocycles. The number of carboxylic acids is 1. The molecule has 3 rings (SSSR count). The Balaban J connectivity index is 0.000000784. The molecule has 0 saturated heterocycles. The summed E-state index contributed by atoms with van der Waals surface area (Å²) in [6, 6.07) is 26.3. The van der Waals surface area contributed by atoms with Gasteiger partial charge in [-0.1, -0.05) is 66.7 Å². The fourth-order valence-corrected chi connectivity index (χ4v) is 2.99. The van der Waals surface area contributed by atoms with Crippen molar-refractivity contribution in [1.82, 2.24) is 0 Å². The van der Waals surface area contributed by atoms with Crippen LogP contribution in [0.15, 0.2) is 91.0 Å². The first-order chi connectivity index (χ1) is 16.6. The van der Waals surface area contributed by atoms with Crippen molar-refractivity contribution in [3.8, 4) is 0 Å². The van der Waals surface area contributed by atoms with Crippen LogP contribution in [0.4, 0.5) is 16.2 Å². The quantitative estimate of drug-likeness (QED) is 0.392. The second-order valence-corrected chi connectivity index (χ2v) is 8.99. The number of hydrogen-bond donors (Lipinski definition) is 2. The minimum absolute atomic E-state index is 0. The number of ether oxygens (including phenoxy) is 1. The Morgan fingerprint density at radius 2 is 1.46 bits per heavy atom. The minimum atomic E-state index is -0.816. The first kappa shape index (κ1) is 27.3. The molecular formula is C29H34N2O4. The SMILES string of the molecule is CC(C)(C)N.O=C(O)CCc1cccc(/C=C\COC(=O)N(c2ccccc2)c2ccccc2)c1. The number of carboxylic acid groups (broad SMARTS) is 1. The molecule has 0 aliphatic rings. The maximum absolute atomic E-state index is 12.8. The molecule has 3 aromatic rings. The first-order valence-corrected chi connectivity index (χ1v) is 11.5. The van der Waals surface area contributed by atoms with Gasteiger partial charge < -0.3 is 15.6 Å². The van der Waals surface area contributed by atoms with Crippen LogP contribution in [-0.2, 0) is 16.0 Å². The number of carbonyl (C=O) groups excluding carboxylic acids is 1. The summed E-state index contributed by atoms with van der Waals surface area (Å²) in [6.07, 6.45) is 3.73. The number of aliphatic carboxylic acids is 1. The molecule has 35 heavy (non-hydrogen) atoms. The van der Waals surface area contributed by atoms with Crippen molar-refractivity contribution < 1.29 is 19.4 Å². The van der Waals surface area contributed by atoms with Gasteiger partial charge in [-0.3, -0.25) is 4.79 Å². The van der Waals surface area contributed by atoms with E-state index >= 15 is 0 Å². The van der Waals surface area contributed by atoms with E-state index in [-0.39, 0.29) is 18.6 Å². The third-order valence-corrected chi connectivity index (χ3v) is 4.40. The summed E-state index contributed by atoms with van der Waals surface area (Å²) in [5.41, 5.74) is 8.69. The number of aryl methyl sites for hydroxylation is 1. The van der Waals surface area contributed by atoms with E-state index in [1.807, 2.05) is 112 Å². The van der Waals surface area contributed by atoms with Crippen LogP contribution in [0, 0.1) is 0 Å². The number of benzene rings is 3. The van der Waals surface area contributed by atoms with E-state index in [1.54, 1.807) is 6.08 Å². The summed E-state index contributed by atoms with van der Waals surface area (Å²) in [7, 11) is 0. The summed E-state index contributed by atoms with van der Waals surface area (Å²) in [4.78, 5) is 25.0. The minimum Gasteiger partial charge on any atom is -0.481 e. The number of hydrogen-bond acceptors (Lipinski definition) is 4. The molecule has 6 heteroatoms. The number of rotatable bonds is 8. The van der Waals surface area contributed by atoms with Crippen molar-refractivity contribution in [3.05, 3.63) is 102 Å². The van der Waals surface area contributed by atoms with Crippen molar-refractivity contribution in [3.63, 3.8) is 0 Å². The summed E-state index contributed by atoms with van der Waals surface area (Å²) >= 11 is 0. The number of nitrogens with zero attached hydrogens (tertiary/aromatic N) is 1. The molecule has 0 radical (unpaired) electrons. The van der Waals surface area contributed by atoms with Crippen LogP contribution < -0.4 is 10.6 Å². The highest BCUT2D eigenvalue weighted by Crippen LogP contribution is 2.25. The van der Waals surface area contributed by atoms with Crippen LogP contribution in [0.3, 0.4) is 0 Å². The lowest BCUT2D eigenvalue weighted by atomic mass is 10.1. The number of anilines is 2. The Morgan fingerprint density at radius 1 is 0.914 bits per heavy atom. The highest BCUT2D eigenvalue weighted by molar-refractivity contribution is 5.95. The lowest BCUT2D eigenvalue weighted by molar-refractivity contribution is -0.136. The Morgan fingerprint density at radius 3 is 1.97 bits per heavy atom. The number of nitrogens with two attached hydrogens (primary N) is 1. The smallest absolute Gasteiger partial charge is 0.419 e. The molecule has 3 aromatic carbocycles. The summed E-state index contributed by atoms with van der Waals surface area (Å²) in [5, 5.41) is 8.81. The number of carbonyl (C=O) groups is 2. The molecule has 0 aromatic heterocycles. The Bertz CT molecular complexity index is 1040. The molecule has 0 heterocycles. The van der Waals surface area contributed by atoms with Gasteiger partial charge in [0, 0.05) is 12.0 Å². The Labute approximate surface area is 207 Å². The monoisotopic (exact) mass is 474 g/mol. The average molecular weight is 475 g/mol. The lowest BCUT2D eigenvalue weighted by Crippen LogP contribution is -2.26. The van der Waals surface area contributed by atoms with Gasteiger partial charge in [-0.15, -0.1) is 0 Å². The van der Waals surface area contributed by atoms with Crippen LogP contribution in [0.25, 0.3) is 6.08 Å². The summed E-state index contributed by atoms with van der Waals surface area (Å²) in [6.45, 7) is 6.02. The van der Waals surface area contributed by atoms with E-state index in [0.29, 0.717) is 6.42 Å². The first-order valence-electron chi connectivity index (χ1n) is 11.5. The Hall–Kier alpha value is -3.90. The van der Waals surface area contributed by atoms with Gasteiger partial charge in [0.25, 0.3) is 0 Å². The molecule has 0 atom stereocenters. The van der Waals surface area contributed by atoms with Gasteiger partial charge >= 0.3 is 12.1 Å². The number of amides is 1. The summed E-state index contributed by atoms with van der Waals surface area (Å²) < 4.78 is 5.47. The van der Waals surface area contributed by atoms with Crippen molar-refractivity contribution in [2.45, 2.75) is 39.2 Å². The molecule has 3 N–H and O–H groups in total. The molecule has 0 bridgehead atoms. The highest BCUT2D eigenvalue weighted by Gasteiger charge is 2.18. The Kier molecular flexibility index (Phi) is 10.7. The highest BCUT2D eigenvalue weighted by atomic mass is 16.6.